The van der Waals surface area contributed by atoms with Gasteiger partial charge in [0.05, 0.1) is 5.41 Å². The molecule has 2 aliphatic heterocycles. The molecule has 0 radical (unpaired) electrons. The largest absolute Gasteiger partial charge is 0.342 e. The molecule has 2 saturated heterocycles. The zero-order valence-electron chi connectivity index (χ0n) is 12.9. The average Bonchev–Trinajstić information content (AvgIpc) is 3.09. The van der Waals surface area contributed by atoms with Crippen LogP contribution in [-0.4, -0.2) is 47.2 Å². The van der Waals surface area contributed by atoms with E-state index in [1.54, 1.807) is 6.20 Å². The molecule has 2 fully saturated rings. The molecule has 5 nitrogen and oxygen atoms in total. The summed E-state index contributed by atoms with van der Waals surface area (Å²) in [6.45, 7) is 5.86. The minimum absolute atomic E-state index is 0.124. The van der Waals surface area contributed by atoms with Crippen molar-refractivity contribution in [2.24, 2.45) is 5.41 Å². The molecule has 1 unspecified atom stereocenters. The number of hydrogen-bond donors (Lipinski definition) is 2. The fraction of sp³-hybridized carbons (Fsp3) is 0.750. The lowest BCUT2D eigenvalue weighted by Crippen LogP contribution is -2.51. The molecule has 0 aromatic carbocycles. The zero-order valence-corrected chi connectivity index (χ0v) is 12.9. The fourth-order valence-corrected chi connectivity index (χ4v) is 3.87. The van der Waals surface area contributed by atoms with E-state index in [4.69, 9.17) is 0 Å². The molecule has 5 heteroatoms. The molecule has 116 valence electrons. The molecule has 1 aromatic heterocycles. The van der Waals surface area contributed by atoms with E-state index in [1.807, 2.05) is 6.07 Å². The Morgan fingerprint density at radius 2 is 2.29 bits per heavy atom. The first-order chi connectivity index (χ1) is 10.2. The van der Waals surface area contributed by atoms with Crippen molar-refractivity contribution < 1.29 is 4.79 Å². The number of carbonyl (C=O) groups is 1. The van der Waals surface area contributed by atoms with Gasteiger partial charge in [-0.2, -0.15) is 5.10 Å². The second-order valence-corrected chi connectivity index (χ2v) is 6.49. The summed E-state index contributed by atoms with van der Waals surface area (Å²) in [6, 6.07) is 2.04. The number of H-pyrrole nitrogens is 1. The van der Waals surface area contributed by atoms with Crippen LogP contribution in [0.5, 0.6) is 0 Å². The smallest absolute Gasteiger partial charge is 0.228 e. The van der Waals surface area contributed by atoms with Gasteiger partial charge in [0, 0.05) is 30.9 Å². The maximum atomic E-state index is 13.1. The van der Waals surface area contributed by atoms with Crippen LogP contribution in [0, 0.1) is 5.41 Å². The summed E-state index contributed by atoms with van der Waals surface area (Å²) in [5.74, 6) is 0.802. The Morgan fingerprint density at radius 3 is 2.95 bits per heavy atom. The van der Waals surface area contributed by atoms with Crippen molar-refractivity contribution >= 4 is 5.91 Å². The van der Waals surface area contributed by atoms with Crippen LogP contribution in [0.3, 0.4) is 0 Å². The Balaban J connectivity index is 1.71. The van der Waals surface area contributed by atoms with Gasteiger partial charge >= 0.3 is 0 Å². The predicted molar refractivity (Wildman–Crippen MR) is 82.0 cm³/mol. The van der Waals surface area contributed by atoms with E-state index < -0.39 is 0 Å². The molecule has 21 heavy (non-hydrogen) atoms. The summed E-state index contributed by atoms with van der Waals surface area (Å²) in [6.07, 6.45) is 6.95. The molecular weight excluding hydrogens is 264 g/mol. The Kier molecular flexibility index (Phi) is 4.29. The lowest BCUT2D eigenvalue weighted by Gasteiger charge is -2.42. The van der Waals surface area contributed by atoms with Crippen LogP contribution in [0.25, 0.3) is 0 Å². The monoisotopic (exact) mass is 290 g/mol. The first-order valence-electron chi connectivity index (χ1n) is 8.24. The number of rotatable bonds is 3. The second kappa shape index (κ2) is 6.18. The van der Waals surface area contributed by atoms with Crippen LogP contribution >= 0.6 is 0 Å². The van der Waals surface area contributed by atoms with E-state index in [9.17, 15) is 4.79 Å². The quantitative estimate of drug-likeness (QED) is 0.894. The molecule has 0 spiro atoms. The van der Waals surface area contributed by atoms with Gasteiger partial charge in [0.2, 0.25) is 5.91 Å². The summed E-state index contributed by atoms with van der Waals surface area (Å²) >= 11 is 0. The third kappa shape index (κ3) is 2.84. The van der Waals surface area contributed by atoms with Crippen molar-refractivity contribution in [3.05, 3.63) is 18.0 Å². The third-order valence-electron chi connectivity index (χ3n) is 5.36. The molecular formula is C16H26N4O. The van der Waals surface area contributed by atoms with E-state index in [0.717, 1.165) is 58.3 Å². The first kappa shape index (κ1) is 14.6. The standard InChI is InChI=1S/C16H26N4O/c1-2-16(6-9-17-10-7-16)15(21)20-11-3-4-13(12-20)14-5-8-18-19-14/h5,8,13,17H,2-4,6-7,9-12H2,1H3,(H,18,19). The predicted octanol–water partition coefficient (Wildman–Crippen LogP) is 1.90. The van der Waals surface area contributed by atoms with Crippen LogP contribution in [0.1, 0.15) is 50.6 Å². The molecule has 0 saturated carbocycles. The summed E-state index contributed by atoms with van der Waals surface area (Å²) in [7, 11) is 0. The number of likely N-dealkylation sites (tertiary alicyclic amines) is 1. The van der Waals surface area contributed by atoms with Crippen molar-refractivity contribution in [3.63, 3.8) is 0 Å². The molecule has 3 rings (SSSR count). The second-order valence-electron chi connectivity index (χ2n) is 6.49. The molecule has 1 amide bonds. The number of carbonyl (C=O) groups excluding carboxylic acids is 1. The minimum atomic E-state index is -0.124. The average molecular weight is 290 g/mol. The third-order valence-corrected chi connectivity index (χ3v) is 5.36. The zero-order chi connectivity index (χ0) is 14.7. The van der Waals surface area contributed by atoms with E-state index in [1.165, 1.54) is 5.69 Å². The number of amides is 1. The summed E-state index contributed by atoms with van der Waals surface area (Å²) in [5.41, 5.74) is 1.05. The first-order valence-corrected chi connectivity index (χ1v) is 8.24. The maximum absolute atomic E-state index is 13.1. The van der Waals surface area contributed by atoms with Crippen LogP contribution in [0.2, 0.25) is 0 Å². The van der Waals surface area contributed by atoms with Crippen molar-refractivity contribution in [2.45, 2.75) is 44.9 Å². The fourth-order valence-electron chi connectivity index (χ4n) is 3.87. The number of hydrogen-bond acceptors (Lipinski definition) is 3. The topological polar surface area (TPSA) is 61.0 Å². The van der Waals surface area contributed by atoms with Gasteiger partial charge in [-0.25, -0.2) is 0 Å². The van der Waals surface area contributed by atoms with Crippen LogP contribution in [0.4, 0.5) is 0 Å². The summed E-state index contributed by atoms with van der Waals surface area (Å²) in [5, 5.41) is 10.5. The molecule has 0 bridgehead atoms. The van der Waals surface area contributed by atoms with Gasteiger partial charge < -0.3 is 10.2 Å². The van der Waals surface area contributed by atoms with Gasteiger partial charge in [0.25, 0.3) is 0 Å². The Morgan fingerprint density at radius 1 is 1.48 bits per heavy atom. The van der Waals surface area contributed by atoms with Crippen LogP contribution in [-0.2, 0) is 4.79 Å². The molecule has 2 N–H and O–H groups in total. The summed E-state index contributed by atoms with van der Waals surface area (Å²) in [4.78, 5) is 15.2. The highest BCUT2D eigenvalue weighted by molar-refractivity contribution is 5.83. The molecule has 0 aliphatic carbocycles. The highest BCUT2D eigenvalue weighted by atomic mass is 16.2. The lowest BCUT2D eigenvalue weighted by molar-refractivity contribution is -0.145. The van der Waals surface area contributed by atoms with Gasteiger partial charge in [-0.05, 0) is 51.3 Å². The Labute approximate surface area is 126 Å². The van der Waals surface area contributed by atoms with Crippen molar-refractivity contribution in [1.82, 2.24) is 20.4 Å². The lowest BCUT2D eigenvalue weighted by atomic mass is 9.75. The van der Waals surface area contributed by atoms with Gasteiger partial charge in [0.15, 0.2) is 0 Å². The Hall–Kier alpha value is -1.36. The van der Waals surface area contributed by atoms with Gasteiger partial charge in [-0.15, -0.1) is 0 Å². The molecule has 1 aromatic rings. The number of piperidine rings is 2. The van der Waals surface area contributed by atoms with Gasteiger partial charge in [-0.3, -0.25) is 9.89 Å². The van der Waals surface area contributed by atoms with Crippen molar-refractivity contribution in [3.8, 4) is 0 Å². The molecule has 3 heterocycles. The van der Waals surface area contributed by atoms with Crippen LogP contribution < -0.4 is 5.32 Å². The molecule has 1 atom stereocenters. The Bertz CT molecular complexity index is 465. The van der Waals surface area contributed by atoms with E-state index in [-0.39, 0.29) is 5.41 Å². The van der Waals surface area contributed by atoms with Crippen molar-refractivity contribution in [1.29, 1.82) is 0 Å². The van der Waals surface area contributed by atoms with Gasteiger partial charge in [-0.1, -0.05) is 6.92 Å². The molecule has 2 aliphatic rings. The number of nitrogens with zero attached hydrogens (tertiary/aromatic N) is 2. The van der Waals surface area contributed by atoms with E-state index in [2.05, 4.69) is 27.3 Å². The number of aromatic nitrogens is 2. The van der Waals surface area contributed by atoms with Gasteiger partial charge in [0.1, 0.15) is 0 Å². The van der Waals surface area contributed by atoms with Crippen molar-refractivity contribution in [2.75, 3.05) is 26.2 Å². The number of nitrogens with one attached hydrogen (secondary N) is 2. The maximum Gasteiger partial charge on any atom is 0.228 e. The van der Waals surface area contributed by atoms with Crippen LogP contribution in [0.15, 0.2) is 12.3 Å². The SMILES string of the molecule is CCC1(C(=O)N2CCCC(c3ccn[nH]3)C2)CCNCC1. The highest BCUT2D eigenvalue weighted by Gasteiger charge is 2.41. The van der Waals surface area contributed by atoms with E-state index >= 15 is 0 Å². The normalized spacial score (nSPS) is 25.8. The summed E-state index contributed by atoms with van der Waals surface area (Å²) < 4.78 is 0. The van der Waals surface area contributed by atoms with E-state index in [0.29, 0.717) is 11.8 Å². The highest BCUT2D eigenvalue weighted by Crippen LogP contribution is 2.37. The number of aromatic amines is 1. The minimum Gasteiger partial charge on any atom is -0.342 e.